The zero-order valence-electron chi connectivity index (χ0n) is 31.1. The van der Waals surface area contributed by atoms with Crippen LogP contribution in [-0.2, 0) is 5.41 Å². The SMILES string of the molecule is c1ccc(-n2c3ccccc3c3c4c(c5ccccc5n4-c4ccc5c(c4)C4(c6ccccc6-c6ccccc64)c4ccccc4-5)c4sc5ncccc5c4c32)cc1. The maximum Gasteiger partial charge on any atom is 0.124 e. The number of benzene rings is 8. The van der Waals surface area contributed by atoms with Crippen molar-refractivity contribution in [3.8, 4) is 33.6 Å². The van der Waals surface area contributed by atoms with Crippen LogP contribution in [-0.4, -0.2) is 14.1 Å². The third kappa shape index (κ3) is 3.59. The quantitative estimate of drug-likeness (QED) is 0.172. The first-order valence-corrected chi connectivity index (χ1v) is 20.8. The molecule has 2 aliphatic rings. The molecule has 12 aromatic rings. The number of rotatable bonds is 2. The normalized spacial score (nSPS) is 13.7. The Morgan fingerprint density at radius 2 is 0.897 bits per heavy atom. The van der Waals surface area contributed by atoms with Crippen LogP contribution in [0.15, 0.2) is 188 Å². The minimum absolute atomic E-state index is 0.434. The summed E-state index contributed by atoms with van der Waals surface area (Å²) in [5.41, 5.74) is 17.4. The first kappa shape index (κ1) is 30.9. The predicted octanol–water partition coefficient (Wildman–Crippen LogP) is 14.0. The summed E-state index contributed by atoms with van der Waals surface area (Å²) >= 11 is 1.82. The summed E-state index contributed by atoms with van der Waals surface area (Å²) in [5, 5.41) is 7.50. The molecule has 0 fully saturated rings. The van der Waals surface area contributed by atoms with Gasteiger partial charge in [-0.15, -0.1) is 11.3 Å². The van der Waals surface area contributed by atoms with Crippen molar-refractivity contribution in [1.82, 2.24) is 14.1 Å². The second-order valence-corrected chi connectivity index (χ2v) is 16.8. The Kier molecular flexibility index (Phi) is 5.85. The average molecular weight is 754 g/mol. The molecule has 3 nitrogen and oxygen atoms in total. The zero-order chi connectivity index (χ0) is 37.7. The van der Waals surface area contributed by atoms with Crippen molar-refractivity contribution in [3.05, 3.63) is 210 Å². The third-order valence-corrected chi connectivity index (χ3v) is 14.3. The Morgan fingerprint density at radius 3 is 1.55 bits per heavy atom. The molecule has 268 valence electrons. The molecule has 0 saturated heterocycles. The second kappa shape index (κ2) is 11.0. The highest BCUT2D eigenvalue weighted by atomic mass is 32.1. The maximum absolute atomic E-state index is 4.97. The van der Waals surface area contributed by atoms with Gasteiger partial charge in [0, 0.05) is 54.6 Å². The van der Waals surface area contributed by atoms with Crippen LogP contribution in [0.1, 0.15) is 22.3 Å². The summed E-state index contributed by atoms with van der Waals surface area (Å²) in [6, 6.07) is 67.7. The summed E-state index contributed by atoms with van der Waals surface area (Å²) in [6.07, 6.45) is 1.93. The fourth-order valence-corrected chi connectivity index (χ4v) is 12.3. The van der Waals surface area contributed by atoms with Crippen molar-refractivity contribution >= 4 is 75.3 Å². The first-order valence-electron chi connectivity index (χ1n) is 20.0. The van der Waals surface area contributed by atoms with Gasteiger partial charge in [-0.05, 0) is 93.0 Å². The lowest BCUT2D eigenvalue weighted by Gasteiger charge is -2.30. The minimum atomic E-state index is -0.434. The van der Waals surface area contributed by atoms with Gasteiger partial charge < -0.3 is 9.13 Å². The molecule has 0 amide bonds. The van der Waals surface area contributed by atoms with E-state index in [2.05, 4.69) is 191 Å². The lowest BCUT2D eigenvalue weighted by molar-refractivity contribution is 0.792. The van der Waals surface area contributed by atoms with Crippen LogP contribution in [0.4, 0.5) is 0 Å². The number of nitrogens with zero attached hydrogens (tertiary/aromatic N) is 3. The molecule has 0 saturated carbocycles. The average Bonchev–Trinajstić information content (AvgIpc) is 4.07. The number of fused-ring (bicyclic) bond motifs is 22. The summed E-state index contributed by atoms with van der Waals surface area (Å²) in [6.45, 7) is 0. The molecule has 8 aromatic carbocycles. The van der Waals surface area contributed by atoms with Gasteiger partial charge in [0.1, 0.15) is 4.83 Å². The summed E-state index contributed by atoms with van der Waals surface area (Å²) in [5.74, 6) is 0. The minimum Gasteiger partial charge on any atom is -0.308 e. The van der Waals surface area contributed by atoms with Crippen LogP contribution in [0.2, 0.25) is 0 Å². The highest BCUT2D eigenvalue weighted by Crippen LogP contribution is 2.63. The molecular formula is C54H31N3S. The number of hydrogen-bond acceptors (Lipinski definition) is 2. The van der Waals surface area contributed by atoms with E-state index in [1.807, 2.05) is 17.5 Å². The van der Waals surface area contributed by atoms with Crippen molar-refractivity contribution in [2.24, 2.45) is 0 Å². The Bertz CT molecular complexity index is 3690. The van der Waals surface area contributed by atoms with Gasteiger partial charge in [-0.25, -0.2) is 4.98 Å². The summed E-state index contributed by atoms with van der Waals surface area (Å²) in [7, 11) is 0. The first-order chi connectivity index (χ1) is 28.8. The van der Waals surface area contributed by atoms with E-state index in [0.29, 0.717) is 0 Å². The number of thiophene rings is 1. The van der Waals surface area contributed by atoms with Gasteiger partial charge in [-0.3, -0.25) is 0 Å². The molecule has 0 radical (unpaired) electrons. The maximum atomic E-state index is 4.97. The van der Waals surface area contributed by atoms with Crippen LogP contribution in [0.5, 0.6) is 0 Å². The van der Waals surface area contributed by atoms with E-state index in [1.54, 1.807) is 0 Å². The number of hydrogen-bond donors (Lipinski definition) is 0. The molecule has 4 heterocycles. The lowest BCUT2D eigenvalue weighted by Crippen LogP contribution is -2.26. The highest BCUT2D eigenvalue weighted by molar-refractivity contribution is 7.26. The standard InChI is InChI=1S/C54H31N3S/c1-2-15-32(16-3-1)56-45-26-12-7-20-38(45)47-50-48(52-49(51(47)56)40-22-14-30-55-53(40)58-52)39-21-8-13-27-46(39)57(50)33-28-29-37-36-19-6-11-25-43(36)54(44(37)31-33)41-23-9-4-17-34(41)35-18-5-10-24-42(35)54/h1-31H. The molecule has 0 bridgehead atoms. The molecule has 58 heavy (non-hydrogen) atoms. The van der Waals surface area contributed by atoms with Crippen molar-refractivity contribution in [2.75, 3.05) is 0 Å². The van der Waals surface area contributed by atoms with E-state index in [-0.39, 0.29) is 0 Å². The lowest BCUT2D eigenvalue weighted by atomic mass is 9.70. The molecule has 0 unspecified atom stereocenters. The van der Waals surface area contributed by atoms with E-state index in [0.717, 1.165) is 16.2 Å². The van der Waals surface area contributed by atoms with Crippen LogP contribution in [0.3, 0.4) is 0 Å². The molecular weight excluding hydrogens is 723 g/mol. The highest BCUT2D eigenvalue weighted by Gasteiger charge is 2.51. The zero-order valence-corrected chi connectivity index (χ0v) is 32.0. The van der Waals surface area contributed by atoms with E-state index in [1.165, 1.54) is 104 Å². The molecule has 4 aromatic heterocycles. The molecule has 0 N–H and O–H groups in total. The number of para-hydroxylation sites is 3. The van der Waals surface area contributed by atoms with Crippen molar-refractivity contribution in [1.29, 1.82) is 0 Å². The predicted molar refractivity (Wildman–Crippen MR) is 242 cm³/mol. The van der Waals surface area contributed by atoms with E-state index >= 15 is 0 Å². The fourth-order valence-electron chi connectivity index (χ4n) is 11.1. The van der Waals surface area contributed by atoms with E-state index in [9.17, 15) is 0 Å². The number of aromatic nitrogens is 3. The van der Waals surface area contributed by atoms with Gasteiger partial charge in [-0.1, -0.05) is 133 Å². The van der Waals surface area contributed by atoms with Gasteiger partial charge in [0.2, 0.25) is 0 Å². The van der Waals surface area contributed by atoms with Crippen LogP contribution < -0.4 is 0 Å². The molecule has 14 rings (SSSR count). The van der Waals surface area contributed by atoms with Gasteiger partial charge >= 0.3 is 0 Å². The van der Waals surface area contributed by atoms with Gasteiger partial charge in [0.15, 0.2) is 0 Å². The Morgan fingerprint density at radius 1 is 0.397 bits per heavy atom. The molecule has 0 aliphatic heterocycles. The van der Waals surface area contributed by atoms with Gasteiger partial charge in [-0.2, -0.15) is 0 Å². The molecule has 4 heteroatoms. The third-order valence-electron chi connectivity index (χ3n) is 13.2. The van der Waals surface area contributed by atoms with Crippen molar-refractivity contribution < 1.29 is 0 Å². The molecule has 1 spiro atoms. The molecule has 2 aliphatic carbocycles. The second-order valence-electron chi connectivity index (χ2n) is 15.8. The van der Waals surface area contributed by atoms with Gasteiger partial charge in [0.05, 0.1) is 27.5 Å². The van der Waals surface area contributed by atoms with Gasteiger partial charge in [0.25, 0.3) is 0 Å². The van der Waals surface area contributed by atoms with Crippen molar-refractivity contribution in [3.63, 3.8) is 0 Å². The van der Waals surface area contributed by atoms with E-state index in [4.69, 9.17) is 4.98 Å². The number of pyridine rings is 1. The largest absolute Gasteiger partial charge is 0.308 e. The summed E-state index contributed by atoms with van der Waals surface area (Å²) in [4.78, 5) is 6.03. The Labute approximate surface area is 337 Å². The topological polar surface area (TPSA) is 22.8 Å². The smallest absolute Gasteiger partial charge is 0.124 e. The Balaban J connectivity index is 1.20. The Hall–Kier alpha value is -7.27. The fraction of sp³-hybridized carbons (Fsp3) is 0.0185. The van der Waals surface area contributed by atoms with Crippen LogP contribution in [0, 0.1) is 0 Å². The van der Waals surface area contributed by atoms with Crippen LogP contribution >= 0.6 is 11.3 Å². The summed E-state index contributed by atoms with van der Waals surface area (Å²) < 4.78 is 6.35. The van der Waals surface area contributed by atoms with Crippen molar-refractivity contribution in [2.45, 2.75) is 5.41 Å². The van der Waals surface area contributed by atoms with E-state index < -0.39 is 5.41 Å². The van der Waals surface area contributed by atoms with Crippen LogP contribution in [0.25, 0.3) is 97.5 Å². The molecule has 0 atom stereocenters. The monoisotopic (exact) mass is 753 g/mol.